The van der Waals surface area contributed by atoms with Gasteiger partial charge in [0.2, 0.25) is 0 Å². The molecule has 1 aromatic carbocycles. The number of halogens is 1. The van der Waals surface area contributed by atoms with Gasteiger partial charge in [-0.2, -0.15) is 0 Å². The van der Waals surface area contributed by atoms with Crippen molar-refractivity contribution in [3.05, 3.63) is 28.8 Å². The third kappa shape index (κ3) is 4.63. The van der Waals surface area contributed by atoms with Gasteiger partial charge >= 0.3 is 12.0 Å². The topological polar surface area (TPSA) is 67.4 Å². The van der Waals surface area contributed by atoms with Crippen LogP contribution >= 0.6 is 11.6 Å². The molecule has 0 saturated heterocycles. The molecule has 0 atom stereocenters. The summed E-state index contributed by atoms with van der Waals surface area (Å²) in [5.74, 6) is -0.483. The quantitative estimate of drug-likeness (QED) is 0.825. The summed E-state index contributed by atoms with van der Waals surface area (Å²) in [7, 11) is 0. The molecule has 0 bridgehead atoms. The SMILES string of the molecule is CCOC(=O)CNC(=O)Nc1cc(C)ccc1Cl. The third-order valence-corrected chi connectivity index (χ3v) is 2.40. The van der Waals surface area contributed by atoms with Crippen molar-refractivity contribution in [1.82, 2.24) is 5.32 Å². The average molecular weight is 271 g/mol. The molecular formula is C12H15ClN2O3. The number of esters is 1. The van der Waals surface area contributed by atoms with Gasteiger partial charge in [-0.05, 0) is 31.5 Å². The van der Waals surface area contributed by atoms with E-state index in [1.807, 2.05) is 13.0 Å². The van der Waals surface area contributed by atoms with E-state index >= 15 is 0 Å². The summed E-state index contributed by atoms with van der Waals surface area (Å²) in [6.07, 6.45) is 0. The largest absolute Gasteiger partial charge is 0.465 e. The van der Waals surface area contributed by atoms with E-state index in [-0.39, 0.29) is 13.2 Å². The number of hydrogen-bond donors (Lipinski definition) is 2. The van der Waals surface area contributed by atoms with Crippen molar-refractivity contribution in [1.29, 1.82) is 0 Å². The Hall–Kier alpha value is -1.75. The van der Waals surface area contributed by atoms with Gasteiger partial charge in [0.1, 0.15) is 6.54 Å². The fourth-order valence-electron chi connectivity index (χ4n) is 1.27. The highest BCUT2D eigenvalue weighted by atomic mass is 35.5. The molecule has 18 heavy (non-hydrogen) atoms. The highest BCUT2D eigenvalue weighted by molar-refractivity contribution is 6.33. The summed E-state index contributed by atoms with van der Waals surface area (Å²) >= 11 is 5.92. The van der Waals surface area contributed by atoms with Crippen LogP contribution in [-0.2, 0) is 9.53 Å². The second kappa shape index (κ2) is 6.86. The maximum atomic E-state index is 11.5. The molecule has 2 amide bonds. The lowest BCUT2D eigenvalue weighted by Crippen LogP contribution is -2.34. The first-order chi connectivity index (χ1) is 8.52. The van der Waals surface area contributed by atoms with Crippen molar-refractivity contribution < 1.29 is 14.3 Å². The number of rotatable bonds is 4. The Balaban J connectivity index is 2.49. The maximum Gasteiger partial charge on any atom is 0.325 e. The number of carbonyl (C=O) groups is 2. The van der Waals surface area contributed by atoms with Crippen molar-refractivity contribution in [2.24, 2.45) is 0 Å². The molecule has 0 aliphatic rings. The first-order valence-electron chi connectivity index (χ1n) is 5.49. The molecule has 98 valence electrons. The van der Waals surface area contributed by atoms with Gasteiger partial charge in [-0.1, -0.05) is 17.7 Å². The Labute approximate surface area is 110 Å². The fraction of sp³-hybridized carbons (Fsp3) is 0.333. The van der Waals surface area contributed by atoms with Gasteiger partial charge in [0.05, 0.1) is 17.3 Å². The van der Waals surface area contributed by atoms with E-state index in [1.54, 1.807) is 19.1 Å². The van der Waals surface area contributed by atoms with Crippen molar-refractivity contribution in [3.63, 3.8) is 0 Å². The zero-order valence-corrected chi connectivity index (χ0v) is 11.0. The molecule has 5 nitrogen and oxygen atoms in total. The minimum absolute atomic E-state index is 0.177. The molecule has 6 heteroatoms. The molecule has 0 radical (unpaired) electrons. The van der Waals surface area contributed by atoms with Crippen LogP contribution in [0.4, 0.5) is 10.5 Å². The first-order valence-corrected chi connectivity index (χ1v) is 5.87. The highest BCUT2D eigenvalue weighted by Gasteiger charge is 2.08. The Bertz CT molecular complexity index is 449. The molecule has 1 rings (SSSR count). The Morgan fingerprint density at radius 3 is 2.78 bits per heavy atom. The fourth-order valence-corrected chi connectivity index (χ4v) is 1.43. The molecule has 0 heterocycles. The third-order valence-electron chi connectivity index (χ3n) is 2.07. The number of hydrogen-bond acceptors (Lipinski definition) is 3. The van der Waals surface area contributed by atoms with E-state index in [0.717, 1.165) is 5.56 Å². The van der Waals surface area contributed by atoms with Crippen LogP contribution in [0, 0.1) is 6.92 Å². The molecule has 0 aliphatic heterocycles. The number of urea groups is 1. The predicted molar refractivity (Wildman–Crippen MR) is 69.8 cm³/mol. The summed E-state index contributed by atoms with van der Waals surface area (Å²) in [6, 6.07) is 4.77. The van der Waals surface area contributed by atoms with E-state index in [9.17, 15) is 9.59 Å². The monoisotopic (exact) mass is 270 g/mol. The number of carbonyl (C=O) groups excluding carboxylic acids is 2. The summed E-state index contributed by atoms with van der Waals surface area (Å²) in [5.41, 5.74) is 1.47. The van der Waals surface area contributed by atoms with E-state index in [4.69, 9.17) is 11.6 Å². The summed E-state index contributed by atoms with van der Waals surface area (Å²) in [4.78, 5) is 22.5. The van der Waals surface area contributed by atoms with Crippen molar-refractivity contribution in [2.75, 3.05) is 18.5 Å². The minimum Gasteiger partial charge on any atom is -0.465 e. The zero-order chi connectivity index (χ0) is 13.5. The Morgan fingerprint density at radius 1 is 1.39 bits per heavy atom. The van der Waals surface area contributed by atoms with Crippen LogP contribution in [0.5, 0.6) is 0 Å². The smallest absolute Gasteiger partial charge is 0.325 e. The number of ether oxygens (including phenoxy) is 1. The van der Waals surface area contributed by atoms with Crippen LogP contribution in [0.3, 0.4) is 0 Å². The predicted octanol–water partition coefficient (Wildman–Crippen LogP) is 2.33. The van der Waals surface area contributed by atoms with E-state index in [1.165, 1.54) is 0 Å². The molecule has 2 N–H and O–H groups in total. The lowest BCUT2D eigenvalue weighted by Gasteiger charge is -2.09. The second-order valence-corrected chi connectivity index (χ2v) is 4.00. The number of anilines is 1. The van der Waals surface area contributed by atoms with Gasteiger partial charge in [0.15, 0.2) is 0 Å². The normalized spacial score (nSPS) is 9.72. The van der Waals surface area contributed by atoms with Crippen LogP contribution in [0.15, 0.2) is 18.2 Å². The summed E-state index contributed by atoms with van der Waals surface area (Å²) < 4.78 is 4.68. The molecule has 0 unspecified atom stereocenters. The van der Waals surface area contributed by atoms with Gasteiger partial charge in [0.25, 0.3) is 0 Å². The summed E-state index contributed by atoms with van der Waals surface area (Å²) in [5, 5.41) is 5.37. The van der Waals surface area contributed by atoms with Gasteiger partial charge in [-0.25, -0.2) is 4.79 Å². The standard InChI is InChI=1S/C12H15ClN2O3/c1-3-18-11(16)7-14-12(17)15-10-6-8(2)4-5-9(10)13/h4-6H,3,7H2,1-2H3,(H2,14,15,17). The number of amides is 2. The molecule has 0 aromatic heterocycles. The number of aryl methyl sites for hydroxylation is 1. The molecule has 0 saturated carbocycles. The zero-order valence-electron chi connectivity index (χ0n) is 10.2. The summed E-state index contributed by atoms with van der Waals surface area (Å²) in [6.45, 7) is 3.69. The van der Waals surface area contributed by atoms with Crippen LogP contribution in [0.2, 0.25) is 5.02 Å². The van der Waals surface area contributed by atoms with E-state index in [2.05, 4.69) is 15.4 Å². The number of benzene rings is 1. The van der Waals surface area contributed by atoms with Crippen LogP contribution < -0.4 is 10.6 Å². The van der Waals surface area contributed by atoms with Gasteiger partial charge in [-0.3, -0.25) is 4.79 Å². The van der Waals surface area contributed by atoms with Crippen LogP contribution in [0.25, 0.3) is 0 Å². The molecular weight excluding hydrogens is 256 g/mol. The first kappa shape index (κ1) is 14.3. The Morgan fingerprint density at radius 2 is 2.11 bits per heavy atom. The molecule has 0 spiro atoms. The number of nitrogens with one attached hydrogen (secondary N) is 2. The van der Waals surface area contributed by atoms with Crippen molar-refractivity contribution >= 4 is 29.3 Å². The molecule has 1 aromatic rings. The van der Waals surface area contributed by atoms with Gasteiger partial charge in [-0.15, -0.1) is 0 Å². The maximum absolute atomic E-state index is 11.5. The lowest BCUT2D eigenvalue weighted by molar-refractivity contribution is -0.141. The van der Waals surface area contributed by atoms with Crippen molar-refractivity contribution in [3.8, 4) is 0 Å². The van der Waals surface area contributed by atoms with Gasteiger partial charge in [0, 0.05) is 0 Å². The minimum atomic E-state index is -0.504. The van der Waals surface area contributed by atoms with Crippen LogP contribution in [-0.4, -0.2) is 25.2 Å². The molecule has 0 aliphatic carbocycles. The molecule has 0 fully saturated rings. The van der Waals surface area contributed by atoms with E-state index in [0.29, 0.717) is 10.7 Å². The van der Waals surface area contributed by atoms with Gasteiger partial charge < -0.3 is 15.4 Å². The average Bonchev–Trinajstić information content (AvgIpc) is 2.32. The highest BCUT2D eigenvalue weighted by Crippen LogP contribution is 2.22. The van der Waals surface area contributed by atoms with Crippen molar-refractivity contribution in [2.45, 2.75) is 13.8 Å². The lowest BCUT2D eigenvalue weighted by atomic mass is 10.2. The van der Waals surface area contributed by atoms with Crippen LogP contribution in [0.1, 0.15) is 12.5 Å². The second-order valence-electron chi connectivity index (χ2n) is 3.60. The Kier molecular flexibility index (Phi) is 5.45. The van der Waals surface area contributed by atoms with E-state index < -0.39 is 12.0 Å².